The van der Waals surface area contributed by atoms with Crippen molar-refractivity contribution in [3.63, 3.8) is 0 Å². The van der Waals surface area contributed by atoms with E-state index in [4.69, 9.17) is 5.21 Å². The first kappa shape index (κ1) is 18.2. The SMILES string of the molecule is O=C(/C=C/c1ccc(-c2csc(NC(=O)C3CCCNC3)n2)cc1)NO. The molecule has 26 heavy (non-hydrogen) atoms. The third-order valence-corrected chi connectivity index (χ3v) is 4.90. The van der Waals surface area contributed by atoms with E-state index in [1.165, 1.54) is 17.4 Å². The van der Waals surface area contributed by atoms with Gasteiger partial charge in [-0.25, -0.2) is 10.5 Å². The molecular weight excluding hydrogens is 352 g/mol. The third kappa shape index (κ3) is 4.75. The lowest BCUT2D eigenvalue weighted by Crippen LogP contribution is -2.37. The topological polar surface area (TPSA) is 103 Å². The van der Waals surface area contributed by atoms with E-state index < -0.39 is 5.91 Å². The molecule has 0 aliphatic carbocycles. The fourth-order valence-electron chi connectivity index (χ4n) is 2.72. The summed E-state index contributed by atoms with van der Waals surface area (Å²) < 4.78 is 0. The number of amides is 2. The van der Waals surface area contributed by atoms with E-state index in [0.29, 0.717) is 11.7 Å². The van der Waals surface area contributed by atoms with Crippen molar-refractivity contribution in [1.82, 2.24) is 15.8 Å². The van der Waals surface area contributed by atoms with Crippen molar-refractivity contribution in [2.75, 3.05) is 18.4 Å². The molecule has 4 N–H and O–H groups in total. The van der Waals surface area contributed by atoms with Crippen LogP contribution in [0.4, 0.5) is 5.13 Å². The highest BCUT2D eigenvalue weighted by Crippen LogP contribution is 2.26. The number of hydrogen-bond donors (Lipinski definition) is 4. The second-order valence-corrected chi connectivity index (χ2v) is 6.86. The zero-order valence-corrected chi connectivity index (χ0v) is 14.9. The normalized spacial score (nSPS) is 17.2. The van der Waals surface area contributed by atoms with Crippen molar-refractivity contribution in [3.05, 3.63) is 41.3 Å². The number of nitrogens with one attached hydrogen (secondary N) is 3. The van der Waals surface area contributed by atoms with Crippen LogP contribution in [0.2, 0.25) is 0 Å². The number of piperidine rings is 1. The fraction of sp³-hybridized carbons (Fsp3) is 0.278. The Morgan fingerprint density at radius 1 is 1.31 bits per heavy atom. The van der Waals surface area contributed by atoms with Crippen LogP contribution < -0.4 is 16.1 Å². The summed E-state index contributed by atoms with van der Waals surface area (Å²) in [7, 11) is 0. The molecule has 1 aliphatic heterocycles. The van der Waals surface area contributed by atoms with Crippen LogP contribution >= 0.6 is 11.3 Å². The smallest absolute Gasteiger partial charge is 0.267 e. The molecule has 0 radical (unpaired) electrons. The van der Waals surface area contributed by atoms with Crippen LogP contribution in [0, 0.1) is 5.92 Å². The summed E-state index contributed by atoms with van der Waals surface area (Å²) in [5, 5.41) is 17.1. The average molecular weight is 372 g/mol. The van der Waals surface area contributed by atoms with Crippen LogP contribution in [0.5, 0.6) is 0 Å². The highest BCUT2D eigenvalue weighted by Gasteiger charge is 2.21. The van der Waals surface area contributed by atoms with Gasteiger partial charge in [0.1, 0.15) is 0 Å². The molecule has 1 aliphatic rings. The minimum Gasteiger partial charge on any atom is -0.316 e. The van der Waals surface area contributed by atoms with Crippen molar-refractivity contribution in [2.45, 2.75) is 12.8 Å². The summed E-state index contributed by atoms with van der Waals surface area (Å²) in [5.41, 5.74) is 4.08. The highest BCUT2D eigenvalue weighted by molar-refractivity contribution is 7.14. The summed E-state index contributed by atoms with van der Waals surface area (Å²) in [4.78, 5) is 27.7. The molecule has 0 spiro atoms. The maximum atomic E-state index is 12.3. The lowest BCUT2D eigenvalue weighted by molar-refractivity contribution is -0.124. The van der Waals surface area contributed by atoms with Crippen LogP contribution in [0.25, 0.3) is 17.3 Å². The number of hydroxylamine groups is 1. The van der Waals surface area contributed by atoms with Gasteiger partial charge in [0.05, 0.1) is 11.6 Å². The molecule has 2 aromatic rings. The quantitative estimate of drug-likeness (QED) is 0.366. The van der Waals surface area contributed by atoms with E-state index in [9.17, 15) is 9.59 Å². The van der Waals surface area contributed by atoms with E-state index >= 15 is 0 Å². The van der Waals surface area contributed by atoms with Gasteiger partial charge in [0.2, 0.25) is 5.91 Å². The van der Waals surface area contributed by atoms with Gasteiger partial charge < -0.3 is 10.6 Å². The second kappa shape index (κ2) is 8.70. The number of carbonyl (C=O) groups excluding carboxylic acids is 2. The first-order chi connectivity index (χ1) is 12.7. The molecule has 1 aromatic carbocycles. The van der Waals surface area contributed by atoms with Crippen LogP contribution in [0.15, 0.2) is 35.7 Å². The summed E-state index contributed by atoms with van der Waals surface area (Å²) in [6.45, 7) is 1.69. The molecule has 2 amide bonds. The van der Waals surface area contributed by atoms with Gasteiger partial charge in [0.15, 0.2) is 5.13 Å². The second-order valence-electron chi connectivity index (χ2n) is 6.00. The number of carbonyl (C=O) groups is 2. The Hall–Kier alpha value is -2.55. The Kier molecular flexibility index (Phi) is 6.11. The largest absolute Gasteiger partial charge is 0.316 e. The lowest BCUT2D eigenvalue weighted by atomic mass is 9.99. The standard InChI is InChI=1S/C18H20N4O3S/c23-16(22-25)8-5-12-3-6-13(7-4-12)15-11-26-18(20-15)21-17(24)14-2-1-9-19-10-14/h3-8,11,14,19,25H,1-2,9-10H2,(H,22,23)(H,20,21,24)/b8-5+. The zero-order valence-electron chi connectivity index (χ0n) is 14.1. The van der Waals surface area contributed by atoms with Crippen LogP contribution in [0.1, 0.15) is 18.4 Å². The number of rotatable bonds is 5. The average Bonchev–Trinajstić information content (AvgIpc) is 3.15. The van der Waals surface area contributed by atoms with Crippen LogP contribution in [-0.2, 0) is 9.59 Å². The van der Waals surface area contributed by atoms with Crippen molar-refractivity contribution in [2.24, 2.45) is 5.92 Å². The molecule has 1 saturated heterocycles. The van der Waals surface area contributed by atoms with Crippen LogP contribution in [0.3, 0.4) is 0 Å². The van der Waals surface area contributed by atoms with E-state index in [1.54, 1.807) is 11.6 Å². The van der Waals surface area contributed by atoms with Gasteiger partial charge in [0.25, 0.3) is 5.91 Å². The minimum atomic E-state index is -0.581. The molecule has 0 saturated carbocycles. The zero-order chi connectivity index (χ0) is 18.4. The number of hydrogen-bond acceptors (Lipinski definition) is 6. The predicted octanol–water partition coefficient (Wildman–Crippen LogP) is 2.27. The highest BCUT2D eigenvalue weighted by atomic mass is 32.1. The minimum absolute atomic E-state index is 0.00158. The molecule has 1 aromatic heterocycles. The summed E-state index contributed by atoms with van der Waals surface area (Å²) >= 11 is 1.40. The molecule has 0 bridgehead atoms. The molecular formula is C18H20N4O3S. The molecule has 7 nitrogen and oxygen atoms in total. The summed E-state index contributed by atoms with van der Waals surface area (Å²) in [5.74, 6) is -0.568. The summed E-state index contributed by atoms with van der Waals surface area (Å²) in [6.07, 6.45) is 4.76. The van der Waals surface area contributed by atoms with E-state index in [1.807, 2.05) is 29.6 Å². The van der Waals surface area contributed by atoms with Crippen molar-refractivity contribution >= 4 is 34.4 Å². The Morgan fingerprint density at radius 2 is 2.12 bits per heavy atom. The first-order valence-corrected chi connectivity index (χ1v) is 9.23. The molecule has 3 rings (SSSR count). The Labute approximate surface area is 155 Å². The number of nitrogens with zero attached hydrogens (tertiary/aromatic N) is 1. The number of aromatic nitrogens is 1. The van der Waals surface area contributed by atoms with Crippen molar-refractivity contribution in [3.8, 4) is 11.3 Å². The van der Waals surface area contributed by atoms with Gasteiger partial charge in [-0.1, -0.05) is 24.3 Å². The molecule has 1 unspecified atom stereocenters. The summed E-state index contributed by atoms with van der Waals surface area (Å²) in [6, 6.07) is 7.48. The molecule has 136 valence electrons. The van der Waals surface area contributed by atoms with Gasteiger partial charge in [-0.2, -0.15) is 0 Å². The van der Waals surface area contributed by atoms with Gasteiger partial charge in [0, 0.05) is 23.6 Å². The molecule has 2 heterocycles. The predicted molar refractivity (Wildman–Crippen MR) is 101 cm³/mol. The van der Waals surface area contributed by atoms with Crippen LogP contribution in [-0.4, -0.2) is 35.1 Å². The maximum Gasteiger partial charge on any atom is 0.267 e. The molecule has 1 atom stereocenters. The fourth-order valence-corrected chi connectivity index (χ4v) is 3.44. The lowest BCUT2D eigenvalue weighted by Gasteiger charge is -2.21. The number of thiazole rings is 1. The van der Waals surface area contributed by atoms with Gasteiger partial charge >= 0.3 is 0 Å². The van der Waals surface area contributed by atoms with E-state index in [-0.39, 0.29) is 11.8 Å². The van der Waals surface area contributed by atoms with E-state index in [2.05, 4.69) is 15.6 Å². The van der Waals surface area contributed by atoms with Gasteiger partial charge in [-0.15, -0.1) is 11.3 Å². The monoisotopic (exact) mass is 372 g/mol. The van der Waals surface area contributed by atoms with Gasteiger partial charge in [-0.05, 0) is 31.0 Å². The van der Waals surface area contributed by atoms with Gasteiger partial charge in [-0.3, -0.25) is 14.8 Å². The first-order valence-electron chi connectivity index (χ1n) is 8.35. The number of benzene rings is 1. The van der Waals surface area contributed by atoms with Crippen molar-refractivity contribution < 1.29 is 14.8 Å². The maximum absolute atomic E-state index is 12.3. The van der Waals surface area contributed by atoms with E-state index in [0.717, 1.165) is 36.2 Å². The molecule has 1 fully saturated rings. The number of anilines is 1. The van der Waals surface area contributed by atoms with Crippen molar-refractivity contribution in [1.29, 1.82) is 0 Å². The Morgan fingerprint density at radius 3 is 2.81 bits per heavy atom. The third-order valence-electron chi connectivity index (χ3n) is 4.15. The Balaban J connectivity index is 1.62. The molecule has 8 heteroatoms. The Bertz CT molecular complexity index is 795.